The largest absolute Gasteiger partial charge is 0.506 e. The molecule has 0 saturated carbocycles. The standard InChI is InChI=1S/C13H10N2O4S/c1-18-10-6-7(2-3-8(10)16)12-14-13(19-15-12)11-9(17)4-5-20-11/h2-6,16-17H,1H3. The number of phenolic OH excluding ortho intramolecular Hbond substituents is 1. The Labute approximate surface area is 117 Å². The van der Waals surface area contributed by atoms with E-state index in [1.165, 1.54) is 24.5 Å². The highest BCUT2D eigenvalue weighted by molar-refractivity contribution is 7.13. The first-order chi connectivity index (χ1) is 9.69. The molecule has 3 aromatic rings. The van der Waals surface area contributed by atoms with Crippen LogP contribution in [0, 0.1) is 0 Å². The first kappa shape index (κ1) is 12.5. The minimum Gasteiger partial charge on any atom is -0.506 e. The van der Waals surface area contributed by atoms with Crippen LogP contribution in [0.3, 0.4) is 0 Å². The molecule has 0 aliphatic rings. The quantitative estimate of drug-likeness (QED) is 0.771. The zero-order valence-corrected chi connectivity index (χ0v) is 11.2. The van der Waals surface area contributed by atoms with Gasteiger partial charge in [0.2, 0.25) is 5.82 Å². The van der Waals surface area contributed by atoms with E-state index in [4.69, 9.17) is 9.26 Å². The van der Waals surface area contributed by atoms with Gasteiger partial charge in [-0.1, -0.05) is 5.16 Å². The van der Waals surface area contributed by atoms with Gasteiger partial charge in [0.1, 0.15) is 10.6 Å². The van der Waals surface area contributed by atoms with Gasteiger partial charge in [-0.15, -0.1) is 11.3 Å². The molecule has 0 fully saturated rings. The van der Waals surface area contributed by atoms with Crippen LogP contribution < -0.4 is 4.74 Å². The molecule has 2 N–H and O–H groups in total. The lowest BCUT2D eigenvalue weighted by atomic mass is 10.2. The predicted octanol–water partition coefficient (Wildman–Crippen LogP) is 2.88. The number of ether oxygens (including phenoxy) is 1. The van der Waals surface area contributed by atoms with Crippen molar-refractivity contribution in [1.82, 2.24) is 10.1 Å². The van der Waals surface area contributed by atoms with Crippen molar-refractivity contribution in [2.75, 3.05) is 7.11 Å². The second kappa shape index (κ2) is 4.86. The van der Waals surface area contributed by atoms with Gasteiger partial charge in [0.15, 0.2) is 11.5 Å². The Morgan fingerprint density at radius 1 is 1.20 bits per heavy atom. The van der Waals surface area contributed by atoms with Crippen molar-refractivity contribution in [2.45, 2.75) is 0 Å². The van der Waals surface area contributed by atoms with Crippen LogP contribution in [-0.2, 0) is 0 Å². The first-order valence-electron chi connectivity index (χ1n) is 5.67. The summed E-state index contributed by atoms with van der Waals surface area (Å²) in [5.41, 5.74) is 0.644. The Morgan fingerprint density at radius 2 is 2.05 bits per heavy atom. The Bertz CT molecular complexity index is 750. The fraction of sp³-hybridized carbons (Fsp3) is 0.0769. The van der Waals surface area contributed by atoms with Crippen molar-refractivity contribution in [3.63, 3.8) is 0 Å². The highest BCUT2D eigenvalue weighted by Crippen LogP contribution is 2.35. The number of methoxy groups -OCH3 is 1. The SMILES string of the molecule is COc1cc(-c2noc(-c3sccc3O)n2)ccc1O. The van der Waals surface area contributed by atoms with Gasteiger partial charge < -0.3 is 19.5 Å². The fourth-order valence-corrected chi connectivity index (χ4v) is 2.42. The number of hydrogen-bond donors (Lipinski definition) is 2. The lowest BCUT2D eigenvalue weighted by Gasteiger charge is -2.03. The van der Waals surface area contributed by atoms with Gasteiger partial charge in [-0.05, 0) is 29.6 Å². The van der Waals surface area contributed by atoms with E-state index in [0.29, 0.717) is 22.0 Å². The third-order valence-electron chi connectivity index (χ3n) is 2.70. The van der Waals surface area contributed by atoms with Crippen LogP contribution in [0.2, 0.25) is 0 Å². The second-order valence-electron chi connectivity index (χ2n) is 3.94. The van der Waals surface area contributed by atoms with E-state index in [1.54, 1.807) is 23.6 Å². The molecule has 0 aliphatic heterocycles. The van der Waals surface area contributed by atoms with Crippen LogP contribution in [0.5, 0.6) is 17.2 Å². The second-order valence-corrected chi connectivity index (χ2v) is 4.86. The van der Waals surface area contributed by atoms with E-state index in [0.717, 1.165) is 0 Å². The average Bonchev–Trinajstić information content (AvgIpc) is 3.08. The van der Waals surface area contributed by atoms with Crippen molar-refractivity contribution >= 4 is 11.3 Å². The Kier molecular flexibility index (Phi) is 3.03. The Balaban J connectivity index is 2.00. The molecule has 0 saturated heterocycles. The highest BCUT2D eigenvalue weighted by atomic mass is 32.1. The summed E-state index contributed by atoms with van der Waals surface area (Å²) in [5, 5.41) is 24.8. The Morgan fingerprint density at radius 3 is 2.75 bits per heavy atom. The molecule has 0 aliphatic carbocycles. The highest BCUT2D eigenvalue weighted by Gasteiger charge is 2.16. The monoisotopic (exact) mass is 290 g/mol. The molecule has 0 unspecified atom stereocenters. The summed E-state index contributed by atoms with van der Waals surface area (Å²) in [6.07, 6.45) is 0. The van der Waals surface area contributed by atoms with E-state index in [-0.39, 0.29) is 17.4 Å². The van der Waals surface area contributed by atoms with E-state index in [1.807, 2.05) is 0 Å². The summed E-state index contributed by atoms with van der Waals surface area (Å²) in [6, 6.07) is 6.32. The molecule has 1 aromatic carbocycles. The van der Waals surface area contributed by atoms with E-state index < -0.39 is 0 Å². The molecular weight excluding hydrogens is 280 g/mol. The molecule has 0 atom stereocenters. The predicted molar refractivity (Wildman–Crippen MR) is 72.9 cm³/mol. The molecule has 0 amide bonds. The van der Waals surface area contributed by atoms with Crippen LogP contribution >= 0.6 is 11.3 Å². The normalized spacial score (nSPS) is 10.7. The van der Waals surface area contributed by atoms with Crippen molar-refractivity contribution < 1.29 is 19.5 Å². The molecule has 2 heterocycles. The summed E-state index contributed by atoms with van der Waals surface area (Å²) in [6.45, 7) is 0. The molecule has 0 bridgehead atoms. The van der Waals surface area contributed by atoms with Gasteiger partial charge >= 0.3 is 0 Å². The Hall–Kier alpha value is -2.54. The van der Waals surface area contributed by atoms with Crippen molar-refractivity contribution in [1.29, 1.82) is 0 Å². The summed E-state index contributed by atoms with van der Waals surface area (Å²) in [7, 11) is 1.46. The molecule has 20 heavy (non-hydrogen) atoms. The molecular formula is C13H10N2O4S. The number of benzene rings is 1. The van der Waals surface area contributed by atoms with Crippen LogP contribution in [-0.4, -0.2) is 27.5 Å². The third-order valence-corrected chi connectivity index (χ3v) is 3.59. The van der Waals surface area contributed by atoms with Crippen molar-refractivity contribution in [2.24, 2.45) is 0 Å². The van der Waals surface area contributed by atoms with Gasteiger partial charge in [0.05, 0.1) is 7.11 Å². The van der Waals surface area contributed by atoms with Gasteiger partial charge in [-0.2, -0.15) is 4.98 Å². The number of phenols is 1. The number of aromatic hydroxyl groups is 2. The molecule has 6 nitrogen and oxygen atoms in total. The minimum absolute atomic E-state index is 0.0378. The van der Waals surface area contributed by atoms with E-state index in [2.05, 4.69) is 10.1 Å². The summed E-state index contributed by atoms with van der Waals surface area (Å²) in [4.78, 5) is 4.75. The number of thiophene rings is 1. The maximum Gasteiger partial charge on any atom is 0.272 e. The number of hydrogen-bond acceptors (Lipinski definition) is 7. The maximum atomic E-state index is 9.63. The molecule has 0 spiro atoms. The molecule has 3 rings (SSSR count). The number of nitrogens with zero attached hydrogens (tertiary/aromatic N) is 2. The zero-order valence-electron chi connectivity index (χ0n) is 10.4. The van der Waals surface area contributed by atoms with E-state index in [9.17, 15) is 10.2 Å². The number of rotatable bonds is 3. The van der Waals surface area contributed by atoms with Crippen LogP contribution in [0.25, 0.3) is 22.2 Å². The van der Waals surface area contributed by atoms with E-state index >= 15 is 0 Å². The van der Waals surface area contributed by atoms with Gasteiger partial charge in [-0.25, -0.2) is 0 Å². The van der Waals surface area contributed by atoms with Crippen LogP contribution in [0.4, 0.5) is 0 Å². The van der Waals surface area contributed by atoms with Crippen LogP contribution in [0.15, 0.2) is 34.2 Å². The topological polar surface area (TPSA) is 88.6 Å². The smallest absolute Gasteiger partial charge is 0.272 e. The van der Waals surface area contributed by atoms with Gasteiger partial charge in [0, 0.05) is 5.56 Å². The molecule has 2 aromatic heterocycles. The maximum absolute atomic E-state index is 9.63. The number of aromatic nitrogens is 2. The summed E-state index contributed by atoms with van der Waals surface area (Å²) in [5.74, 6) is 1.07. The fourth-order valence-electron chi connectivity index (χ4n) is 1.71. The molecule has 7 heteroatoms. The third kappa shape index (κ3) is 2.08. The lowest BCUT2D eigenvalue weighted by Crippen LogP contribution is -1.86. The first-order valence-corrected chi connectivity index (χ1v) is 6.55. The molecule has 0 radical (unpaired) electrons. The summed E-state index contributed by atoms with van der Waals surface area (Å²) >= 11 is 1.31. The van der Waals surface area contributed by atoms with Gasteiger partial charge in [-0.3, -0.25) is 0 Å². The van der Waals surface area contributed by atoms with Gasteiger partial charge in [0.25, 0.3) is 5.89 Å². The van der Waals surface area contributed by atoms with Crippen molar-refractivity contribution in [3.8, 4) is 39.4 Å². The molecule has 102 valence electrons. The summed E-state index contributed by atoms with van der Waals surface area (Å²) < 4.78 is 10.2. The van der Waals surface area contributed by atoms with Crippen LogP contribution in [0.1, 0.15) is 0 Å². The zero-order chi connectivity index (χ0) is 14.1. The van der Waals surface area contributed by atoms with Crippen molar-refractivity contribution in [3.05, 3.63) is 29.6 Å². The lowest BCUT2D eigenvalue weighted by molar-refractivity contribution is 0.373. The average molecular weight is 290 g/mol. The minimum atomic E-state index is 0.0378.